The van der Waals surface area contributed by atoms with Crippen molar-refractivity contribution in [3.63, 3.8) is 0 Å². The van der Waals surface area contributed by atoms with Crippen molar-refractivity contribution in [2.24, 2.45) is 0 Å². The number of hydrogen-bond acceptors (Lipinski definition) is 4. The lowest BCUT2D eigenvalue weighted by Gasteiger charge is -2.27. The molecule has 1 heterocycles. The summed E-state index contributed by atoms with van der Waals surface area (Å²) in [4.78, 5) is 19.8. The number of anilines is 1. The van der Waals surface area contributed by atoms with Crippen LogP contribution in [0.25, 0.3) is 10.9 Å². The summed E-state index contributed by atoms with van der Waals surface area (Å²) in [5.41, 5.74) is 3.36. The zero-order valence-corrected chi connectivity index (χ0v) is 18.7. The molecule has 0 saturated carbocycles. The van der Waals surface area contributed by atoms with E-state index in [0.29, 0.717) is 29.5 Å². The van der Waals surface area contributed by atoms with E-state index in [2.05, 4.69) is 21.3 Å². The van der Waals surface area contributed by atoms with Gasteiger partial charge in [0, 0.05) is 24.2 Å². The van der Waals surface area contributed by atoms with Crippen LogP contribution in [-0.2, 0) is 6.54 Å². The molecule has 0 aliphatic rings. The van der Waals surface area contributed by atoms with Crippen LogP contribution in [0.5, 0.6) is 5.75 Å². The molecule has 0 radical (unpaired) electrons. The summed E-state index contributed by atoms with van der Waals surface area (Å²) < 4.78 is 5.42. The number of likely N-dealkylation sites (N-methyl/N-ethyl adjacent to an activating group) is 1. The second-order valence-electron chi connectivity index (χ2n) is 7.57. The third-order valence-corrected chi connectivity index (χ3v) is 5.25. The van der Waals surface area contributed by atoms with Gasteiger partial charge in [-0.2, -0.15) is 0 Å². The van der Waals surface area contributed by atoms with Crippen LogP contribution < -0.4 is 15.6 Å². The van der Waals surface area contributed by atoms with Gasteiger partial charge in [0.05, 0.1) is 19.3 Å². The average Bonchev–Trinajstić information content (AvgIpc) is 2.71. The molecule has 158 valence electrons. The molecule has 0 aliphatic carbocycles. The zero-order valence-electron chi connectivity index (χ0n) is 17.9. The SMILES string of the molecule is COc1ccccc1NC(=S)N(CCN(C)C)Cc1cc2cc(C)ccc2[nH]c1=O. The number of rotatable bonds is 7. The van der Waals surface area contributed by atoms with Crippen LogP contribution in [0.1, 0.15) is 11.1 Å². The van der Waals surface area contributed by atoms with E-state index < -0.39 is 0 Å². The monoisotopic (exact) mass is 424 g/mol. The van der Waals surface area contributed by atoms with E-state index >= 15 is 0 Å². The Morgan fingerprint density at radius 2 is 1.90 bits per heavy atom. The minimum absolute atomic E-state index is 0.0960. The Hall–Kier alpha value is -2.90. The largest absolute Gasteiger partial charge is 0.495 e. The quantitative estimate of drug-likeness (QED) is 0.565. The fourth-order valence-corrected chi connectivity index (χ4v) is 3.48. The van der Waals surface area contributed by atoms with Crippen LogP contribution in [0.3, 0.4) is 0 Å². The van der Waals surface area contributed by atoms with Gasteiger partial charge in [0.2, 0.25) is 0 Å². The number of ether oxygens (including phenoxy) is 1. The van der Waals surface area contributed by atoms with Crippen molar-refractivity contribution in [2.75, 3.05) is 39.6 Å². The van der Waals surface area contributed by atoms with Gasteiger partial charge in [-0.05, 0) is 69.0 Å². The van der Waals surface area contributed by atoms with Gasteiger partial charge in [-0.25, -0.2) is 0 Å². The lowest BCUT2D eigenvalue weighted by molar-refractivity contribution is 0.327. The molecule has 7 heteroatoms. The van der Waals surface area contributed by atoms with Gasteiger partial charge in [0.1, 0.15) is 5.75 Å². The van der Waals surface area contributed by atoms with Crippen LogP contribution in [0.15, 0.2) is 53.3 Å². The minimum atomic E-state index is -0.0960. The Morgan fingerprint density at radius 3 is 2.63 bits per heavy atom. The highest BCUT2D eigenvalue weighted by Gasteiger charge is 2.15. The molecule has 0 aliphatic heterocycles. The zero-order chi connectivity index (χ0) is 21.7. The fraction of sp³-hybridized carbons (Fsp3) is 0.304. The molecule has 3 aromatic rings. The molecular formula is C23H28N4O2S. The maximum Gasteiger partial charge on any atom is 0.253 e. The lowest BCUT2D eigenvalue weighted by atomic mass is 10.1. The number of fused-ring (bicyclic) bond motifs is 1. The van der Waals surface area contributed by atoms with Gasteiger partial charge in [-0.15, -0.1) is 0 Å². The highest BCUT2D eigenvalue weighted by molar-refractivity contribution is 7.80. The molecule has 0 bridgehead atoms. The van der Waals surface area contributed by atoms with Crippen molar-refractivity contribution in [1.82, 2.24) is 14.8 Å². The Labute approximate surface area is 182 Å². The third kappa shape index (κ3) is 5.37. The molecule has 2 aromatic carbocycles. The normalized spacial score (nSPS) is 11.0. The highest BCUT2D eigenvalue weighted by Crippen LogP contribution is 2.23. The predicted octanol–water partition coefficient (Wildman–Crippen LogP) is 3.61. The van der Waals surface area contributed by atoms with Crippen molar-refractivity contribution in [3.05, 3.63) is 70.0 Å². The van der Waals surface area contributed by atoms with E-state index in [1.54, 1.807) is 7.11 Å². The summed E-state index contributed by atoms with van der Waals surface area (Å²) in [6.07, 6.45) is 0. The second-order valence-corrected chi connectivity index (χ2v) is 7.96. The smallest absolute Gasteiger partial charge is 0.253 e. The first-order valence-electron chi connectivity index (χ1n) is 9.83. The summed E-state index contributed by atoms with van der Waals surface area (Å²) in [5, 5.41) is 4.83. The molecule has 2 N–H and O–H groups in total. The number of para-hydroxylation sites is 2. The molecule has 0 spiro atoms. The number of nitrogens with zero attached hydrogens (tertiary/aromatic N) is 2. The van der Waals surface area contributed by atoms with E-state index in [9.17, 15) is 4.79 Å². The first kappa shape index (κ1) is 21.8. The fourth-order valence-electron chi connectivity index (χ4n) is 3.21. The Balaban J connectivity index is 1.88. The number of benzene rings is 2. The molecule has 0 saturated heterocycles. The van der Waals surface area contributed by atoms with Crippen molar-refractivity contribution in [1.29, 1.82) is 0 Å². The highest BCUT2D eigenvalue weighted by atomic mass is 32.1. The van der Waals surface area contributed by atoms with Gasteiger partial charge in [0.25, 0.3) is 5.56 Å². The Bertz CT molecular complexity index is 1090. The lowest BCUT2D eigenvalue weighted by Crippen LogP contribution is -2.40. The first-order valence-corrected chi connectivity index (χ1v) is 10.2. The van der Waals surface area contributed by atoms with E-state index in [-0.39, 0.29) is 5.56 Å². The standard InChI is InChI=1S/C23H28N4O2S/c1-16-9-10-19-17(13-16)14-18(22(28)24-19)15-27(12-11-26(2)3)23(30)25-20-7-5-6-8-21(20)29-4/h5-10,13-14H,11-12,15H2,1-4H3,(H,24,28)(H,25,30). The van der Waals surface area contributed by atoms with Gasteiger partial charge in [0.15, 0.2) is 5.11 Å². The van der Waals surface area contributed by atoms with Gasteiger partial charge in [-0.3, -0.25) is 4.79 Å². The van der Waals surface area contributed by atoms with Gasteiger partial charge < -0.3 is 24.8 Å². The van der Waals surface area contributed by atoms with Crippen LogP contribution in [0, 0.1) is 6.92 Å². The molecule has 0 amide bonds. The molecular weight excluding hydrogens is 396 g/mol. The number of aryl methyl sites for hydroxylation is 1. The van der Waals surface area contributed by atoms with Crippen molar-refractivity contribution < 1.29 is 4.74 Å². The molecule has 6 nitrogen and oxygen atoms in total. The van der Waals surface area contributed by atoms with Crippen LogP contribution in [0.2, 0.25) is 0 Å². The van der Waals surface area contributed by atoms with Crippen molar-refractivity contribution in [3.8, 4) is 5.75 Å². The maximum atomic E-state index is 12.7. The molecule has 1 aromatic heterocycles. The van der Waals surface area contributed by atoms with Crippen molar-refractivity contribution >= 4 is 33.9 Å². The van der Waals surface area contributed by atoms with E-state index in [1.807, 2.05) is 68.4 Å². The second kappa shape index (κ2) is 9.73. The van der Waals surface area contributed by atoms with E-state index in [4.69, 9.17) is 17.0 Å². The Kier molecular flexibility index (Phi) is 7.07. The minimum Gasteiger partial charge on any atom is -0.495 e. The average molecular weight is 425 g/mol. The first-order chi connectivity index (χ1) is 14.4. The number of nitrogens with one attached hydrogen (secondary N) is 2. The number of aromatic nitrogens is 1. The summed E-state index contributed by atoms with van der Waals surface area (Å²) in [6.45, 7) is 3.94. The summed E-state index contributed by atoms with van der Waals surface area (Å²) >= 11 is 5.70. The van der Waals surface area contributed by atoms with Crippen LogP contribution in [-0.4, -0.2) is 54.2 Å². The number of pyridine rings is 1. The van der Waals surface area contributed by atoms with Crippen molar-refractivity contribution in [2.45, 2.75) is 13.5 Å². The third-order valence-electron chi connectivity index (χ3n) is 4.89. The molecule has 0 atom stereocenters. The Morgan fingerprint density at radius 1 is 1.13 bits per heavy atom. The van der Waals surface area contributed by atoms with Crippen LogP contribution in [0.4, 0.5) is 5.69 Å². The topological polar surface area (TPSA) is 60.6 Å². The molecule has 30 heavy (non-hydrogen) atoms. The number of thiocarbonyl (C=S) groups is 1. The summed E-state index contributed by atoms with van der Waals surface area (Å²) in [7, 11) is 5.66. The summed E-state index contributed by atoms with van der Waals surface area (Å²) in [5.74, 6) is 0.714. The number of aromatic amines is 1. The molecule has 0 fully saturated rings. The van der Waals surface area contributed by atoms with Gasteiger partial charge >= 0.3 is 0 Å². The van der Waals surface area contributed by atoms with E-state index in [1.165, 1.54) is 0 Å². The maximum absolute atomic E-state index is 12.7. The predicted molar refractivity (Wildman–Crippen MR) is 127 cm³/mol. The number of hydrogen-bond donors (Lipinski definition) is 2. The number of H-pyrrole nitrogens is 1. The number of methoxy groups -OCH3 is 1. The molecule has 3 rings (SSSR count). The van der Waals surface area contributed by atoms with Gasteiger partial charge in [-0.1, -0.05) is 23.8 Å². The van der Waals surface area contributed by atoms with Crippen LogP contribution >= 0.6 is 12.2 Å². The van der Waals surface area contributed by atoms with E-state index in [0.717, 1.165) is 28.7 Å². The summed E-state index contributed by atoms with van der Waals surface area (Å²) in [6, 6.07) is 15.6. The molecule has 0 unspecified atom stereocenters.